The maximum Gasteiger partial charge on any atom is 0.124 e. The fourth-order valence-corrected chi connectivity index (χ4v) is 3.79. The van der Waals surface area contributed by atoms with E-state index in [1.165, 1.54) is 31.2 Å². The highest BCUT2D eigenvalue weighted by molar-refractivity contribution is 9.10. The monoisotopic (exact) mass is 327 g/mol. The SMILES string of the molecule is CNC(Cc1ccc(F)cc1Br)C1CCCC(C)C1. The van der Waals surface area contributed by atoms with Gasteiger partial charge in [-0.2, -0.15) is 0 Å². The Balaban J connectivity index is 2.05. The molecule has 1 fully saturated rings. The molecule has 0 bridgehead atoms. The zero-order valence-corrected chi connectivity index (χ0v) is 13.3. The third-order valence-electron chi connectivity index (χ3n) is 4.37. The van der Waals surface area contributed by atoms with Crippen LogP contribution in [0.1, 0.15) is 38.2 Å². The fourth-order valence-electron chi connectivity index (χ4n) is 3.28. The summed E-state index contributed by atoms with van der Waals surface area (Å²) in [5.41, 5.74) is 1.19. The topological polar surface area (TPSA) is 12.0 Å². The van der Waals surface area contributed by atoms with Crippen LogP contribution in [0.25, 0.3) is 0 Å². The molecule has 0 saturated heterocycles. The number of nitrogens with one attached hydrogen (secondary N) is 1. The molecule has 0 radical (unpaired) electrons. The lowest BCUT2D eigenvalue weighted by molar-refractivity contribution is 0.227. The van der Waals surface area contributed by atoms with E-state index < -0.39 is 0 Å². The number of benzene rings is 1. The van der Waals surface area contributed by atoms with Gasteiger partial charge < -0.3 is 5.32 Å². The Hall–Kier alpha value is -0.410. The van der Waals surface area contributed by atoms with Crippen molar-refractivity contribution >= 4 is 15.9 Å². The van der Waals surface area contributed by atoms with E-state index in [4.69, 9.17) is 0 Å². The van der Waals surface area contributed by atoms with Gasteiger partial charge in [-0.05, 0) is 55.8 Å². The Kier molecular flexibility index (Phi) is 5.40. The average molecular weight is 328 g/mol. The highest BCUT2D eigenvalue weighted by Crippen LogP contribution is 2.32. The first kappa shape index (κ1) is 15.0. The van der Waals surface area contributed by atoms with Crippen molar-refractivity contribution in [3.05, 3.63) is 34.1 Å². The second-order valence-corrected chi connectivity index (χ2v) is 6.72. The molecule has 1 nitrogen and oxygen atoms in total. The Bertz CT molecular complexity index is 421. The molecule has 1 aliphatic carbocycles. The summed E-state index contributed by atoms with van der Waals surface area (Å²) in [7, 11) is 2.04. The van der Waals surface area contributed by atoms with Crippen LogP contribution < -0.4 is 5.32 Å². The van der Waals surface area contributed by atoms with Crippen LogP contribution in [0.5, 0.6) is 0 Å². The lowest BCUT2D eigenvalue weighted by atomic mass is 9.77. The van der Waals surface area contributed by atoms with Crippen molar-refractivity contribution in [1.29, 1.82) is 0 Å². The van der Waals surface area contributed by atoms with Crippen molar-refractivity contribution in [2.45, 2.75) is 45.1 Å². The van der Waals surface area contributed by atoms with E-state index in [0.29, 0.717) is 6.04 Å². The van der Waals surface area contributed by atoms with Gasteiger partial charge in [0, 0.05) is 10.5 Å². The zero-order valence-electron chi connectivity index (χ0n) is 11.8. The van der Waals surface area contributed by atoms with Gasteiger partial charge >= 0.3 is 0 Å². The summed E-state index contributed by atoms with van der Waals surface area (Å²) in [6.45, 7) is 2.35. The first-order chi connectivity index (χ1) is 9.10. The third kappa shape index (κ3) is 4.03. The molecule has 1 aromatic carbocycles. The van der Waals surface area contributed by atoms with Crippen molar-refractivity contribution in [2.24, 2.45) is 11.8 Å². The van der Waals surface area contributed by atoms with Gasteiger partial charge in [0.1, 0.15) is 5.82 Å². The average Bonchev–Trinajstić information content (AvgIpc) is 2.38. The molecule has 2 rings (SSSR count). The minimum atomic E-state index is -0.178. The largest absolute Gasteiger partial charge is 0.316 e. The standard InChI is InChI=1S/C16H23BrFN/c1-11-4-3-5-13(8-11)16(19-2)9-12-6-7-14(18)10-15(12)17/h6-7,10-11,13,16,19H,3-5,8-9H2,1-2H3. The van der Waals surface area contributed by atoms with Crippen molar-refractivity contribution in [3.63, 3.8) is 0 Å². The Morgan fingerprint density at radius 2 is 2.21 bits per heavy atom. The summed E-state index contributed by atoms with van der Waals surface area (Å²) in [5.74, 6) is 1.40. The fraction of sp³-hybridized carbons (Fsp3) is 0.625. The number of hydrogen-bond acceptors (Lipinski definition) is 1. The van der Waals surface area contributed by atoms with Crippen LogP contribution in [0.3, 0.4) is 0 Å². The van der Waals surface area contributed by atoms with Gasteiger partial charge in [-0.25, -0.2) is 4.39 Å². The highest BCUT2D eigenvalue weighted by Gasteiger charge is 2.26. The summed E-state index contributed by atoms with van der Waals surface area (Å²) >= 11 is 3.47. The second-order valence-electron chi connectivity index (χ2n) is 5.87. The Labute approximate surface area is 124 Å². The van der Waals surface area contributed by atoms with E-state index in [1.54, 1.807) is 12.1 Å². The number of likely N-dealkylation sites (N-methyl/N-ethyl adjacent to an activating group) is 1. The molecule has 1 aliphatic rings. The van der Waals surface area contributed by atoms with E-state index in [2.05, 4.69) is 28.2 Å². The zero-order chi connectivity index (χ0) is 13.8. The molecular formula is C16H23BrFN. The molecule has 0 amide bonds. The van der Waals surface area contributed by atoms with Crippen LogP contribution in [-0.2, 0) is 6.42 Å². The lowest BCUT2D eigenvalue weighted by Crippen LogP contribution is -2.38. The minimum absolute atomic E-state index is 0.178. The molecule has 3 heteroatoms. The van der Waals surface area contributed by atoms with Gasteiger partial charge in [0.15, 0.2) is 0 Å². The third-order valence-corrected chi connectivity index (χ3v) is 5.11. The predicted molar refractivity (Wildman–Crippen MR) is 81.8 cm³/mol. The van der Waals surface area contributed by atoms with Crippen LogP contribution in [-0.4, -0.2) is 13.1 Å². The van der Waals surface area contributed by atoms with Crippen molar-refractivity contribution < 1.29 is 4.39 Å². The quantitative estimate of drug-likeness (QED) is 0.855. The lowest BCUT2D eigenvalue weighted by Gasteiger charge is -2.33. The van der Waals surface area contributed by atoms with E-state index in [-0.39, 0.29) is 5.82 Å². The Morgan fingerprint density at radius 1 is 1.42 bits per heavy atom. The molecule has 1 saturated carbocycles. The maximum atomic E-state index is 13.1. The van der Waals surface area contributed by atoms with Crippen LogP contribution in [0.15, 0.2) is 22.7 Å². The van der Waals surface area contributed by atoms with Gasteiger partial charge in [-0.15, -0.1) is 0 Å². The molecule has 3 atom stereocenters. The predicted octanol–water partition coefficient (Wildman–Crippen LogP) is 4.55. The molecule has 0 spiro atoms. The van der Waals surface area contributed by atoms with E-state index in [1.807, 2.05) is 13.1 Å². The first-order valence-electron chi connectivity index (χ1n) is 7.21. The molecule has 3 unspecified atom stereocenters. The summed E-state index contributed by atoms with van der Waals surface area (Å²) in [4.78, 5) is 0. The van der Waals surface area contributed by atoms with Crippen LogP contribution >= 0.6 is 15.9 Å². The second kappa shape index (κ2) is 6.85. The molecule has 0 aromatic heterocycles. The molecule has 0 aliphatic heterocycles. The summed E-state index contributed by atoms with van der Waals surface area (Å²) in [5, 5.41) is 3.47. The van der Waals surface area contributed by atoms with Gasteiger partial charge in [-0.3, -0.25) is 0 Å². The summed E-state index contributed by atoms with van der Waals surface area (Å²) in [6, 6.07) is 5.50. The molecule has 106 valence electrons. The number of rotatable bonds is 4. The van der Waals surface area contributed by atoms with Crippen molar-refractivity contribution in [1.82, 2.24) is 5.32 Å². The minimum Gasteiger partial charge on any atom is -0.316 e. The normalized spacial score (nSPS) is 25.3. The molecule has 1 aromatic rings. The van der Waals surface area contributed by atoms with Crippen LogP contribution in [0, 0.1) is 17.7 Å². The molecule has 19 heavy (non-hydrogen) atoms. The van der Waals surface area contributed by atoms with Crippen LogP contribution in [0.2, 0.25) is 0 Å². The van der Waals surface area contributed by atoms with E-state index in [9.17, 15) is 4.39 Å². The molecule has 1 N–H and O–H groups in total. The number of halogens is 2. The first-order valence-corrected chi connectivity index (χ1v) is 8.00. The summed E-state index contributed by atoms with van der Waals surface area (Å²) < 4.78 is 14.0. The molecular weight excluding hydrogens is 305 g/mol. The summed E-state index contributed by atoms with van der Waals surface area (Å²) in [6.07, 6.45) is 6.30. The van der Waals surface area contributed by atoms with Crippen molar-refractivity contribution in [2.75, 3.05) is 7.05 Å². The Morgan fingerprint density at radius 3 is 2.84 bits per heavy atom. The van der Waals surface area contributed by atoms with E-state index >= 15 is 0 Å². The smallest absolute Gasteiger partial charge is 0.124 e. The van der Waals surface area contributed by atoms with Crippen LogP contribution in [0.4, 0.5) is 4.39 Å². The highest BCUT2D eigenvalue weighted by atomic mass is 79.9. The van der Waals surface area contributed by atoms with Gasteiger partial charge in [0.05, 0.1) is 0 Å². The number of hydrogen-bond donors (Lipinski definition) is 1. The van der Waals surface area contributed by atoms with E-state index in [0.717, 1.165) is 22.7 Å². The maximum absolute atomic E-state index is 13.1. The molecule has 0 heterocycles. The van der Waals surface area contributed by atoms with Gasteiger partial charge in [-0.1, -0.05) is 41.8 Å². The van der Waals surface area contributed by atoms with Gasteiger partial charge in [0.25, 0.3) is 0 Å². The van der Waals surface area contributed by atoms with Gasteiger partial charge in [0.2, 0.25) is 0 Å². The van der Waals surface area contributed by atoms with Crippen molar-refractivity contribution in [3.8, 4) is 0 Å².